The van der Waals surface area contributed by atoms with Gasteiger partial charge in [0.1, 0.15) is 16.8 Å². The fourth-order valence-electron chi connectivity index (χ4n) is 3.07. The lowest BCUT2D eigenvalue weighted by molar-refractivity contribution is -0.130. The van der Waals surface area contributed by atoms with Crippen LogP contribution in [0.5, 0.6) is 0 Å². The maximum absolute atomic E-state index is 12.4. The van der Waals surface area contributed by atoms with Crippen molar-refractivity contribution in [3.8, 4) is 6.07 Å². The molecule has 2 rings (SSSR count). The monoisotopic (exact) mass is 438 g/mol. The number of aliphatic hydroxyl groups is 1. The molecule has 1 fully saturated rings. The standard InChI is InChI=1S/C19H30N6O4S/c1-19(2,23-13-18(27)25-8-4-5-15(25)11-20)14-22-17-7-6-16(12-21-17)30(28,29)24(3)9-10-26/h6-7,12,15,23,26H,4-5,8-10,13-14H2,1-3H3,(H,21,22)/t15-/m0/s1. The van der Waals surface area contributed by atoms with Gasteiger partial charge in [-0.3, -0.25) is 4.79 Å². The first-order valence-corrected chi connectivity index (χ1v) is 11.3. The van der Waals surface area contributed by atoms with E-state index in [1.54, 1.807) is 11.0 Å². The van der Waals surface area contributed by atoms with Gasteiger partial charge in [-0.1, -0.05) is 0 Å². The molecule has 0 spiro atoms. The average Bonchev–Trinajstić information content (AvgIpc) is 3.20. The number of rotatable bonds is 10. The molecule has 1 saturated heterocycles. The number of carbonyl (C=O) groups is 1. The molecule has 3 N–H and O–H groups in total. The van der Waals surface area contributed by atoms with Crippen molar-refractivity contribution in [2.24, 2.45) is 0 Å². The maximum atomic E-state index is 12.4. The van der Waals surface area contributed by atoms with Crippen LogP contribution in [0, 0.1) is 11.3 Å². The number of hydrogen-bond acceptors (Lipinski definition) is 8. The zero-order valence-electron chi connectivity index (χ0n) is 17.6. The third-order valence-electron chi connectivity index (χ3n) is 5.01. The minimum atomic E-state index is -3.69. The summed E-state index contributed by atoms with van der Waals surface area (Å²) < 4.78 is 25.8. The largest absolute Gasteiger partial charge is 0.395 e. The third-order valence-corrected chi connectivity index (χ3v) is 6.85. The second kappa shape index (κ2) is 10.2. The number of likely N-dealkylation sites (tertiary alicyclic amines) is 1. The van der Waals surface area contributed by atoms with Gasteiger partial charge in [-0.15, -0.1) is 0 Å². The maximum Gasteiger partial charge on any atom is 0.244 e. The molecule has 1 aromatic rings. The van der Waals surface area contributed by atoms with E-state index in [9.17, 15) is 13.2 Å². The summed E-state index contributed by atoms with van der Waals surface area (Å²) in [6.07, 6.45) is 2.84. The molecular formula is C19H30N6O4S. The van der Waals surface area contributed by atoms with Gasteiger partial charge in [-0.2, -0.15) is 9.57 Å². The van der Waals surface area contributed by atoms with Crippen LogP contribution >= 0.6 is 0 Å². The van der Waals surface area contributed by atoms with Crippen molar-refractivity contribution in [1.29, 1.82) is 5.26 Å². The van der Waals surface area contributed by atoms with Crippen LogP contribution in [0.3, 0.4) is 0 Å². The van der Waals surface area contributed by atoms with Crippen molar-refractivity contribution in [1.82, 2.24) is 19.5 Å². The normalized spacial score (nSPS) is 17.2. The van der Waals surface area contributed by atoms with Gasteiger partial charge in [0.2, 0.25) is 15.9 Å². The van der Waals surface area contributed by atoms with Crippen LogP contribution in [0.2, 0.25) is 0 Å². The highest BCUT2D eigenvalue weighted by molar-refractivity contribution is 7.89. The lowest BCUT2D eigenvalue weighted by atomic mass is 10.1. The highest BCUT2D eigenvalue weighted by Crippen LogP contribution is 2.17. The van der Waals surface area contributed by atoms with Crippen molar-refractivity contribution in [2.75, 3.05) is 45.2 Å². The number of nitrogens with one attached hydrogen (secondary N) is 2. The Balaban J connectivity index is 1.88. The molecule has 0 unspecified atom stereocenters. The van der Waals surface area contributed by atoms with Crippen molar-refractivity contribution in [2.45, 2.75) is 43.2 Å². The summed E-state index contributed by atoms with van der Waals surface area (Å²) in [6.45, 7) is 4.81. The summed E-state index contributed by atoms with van der Waals surface area (Å²) in [6, 6.07) is 4.86. The molecule has 1 atom stereocenters. The number of hydrogen-bond donors (Lipinski definition) is 3. The summed E-state index contributed by atoms with van der Waals surface area (Å²) >= 11 is 0. The van der Waals surface area contributed by atoms with Gasteiger partial charge < -0.3 is 20.6 Å². The number of likely N-dealkylation sites (N-methyl/N-ethyl adjacent to an activating group) is 1. The Morgan fingerprint density at radius 2 is 2.20 bits per heavy atom. The topological polar surface area (TPSA) is 139 Å². The predicted molar refractivity (Wildman–Crippen MR) is 112 cm³/mol. The Labute approximate surface area is 177 Å². The molecule has 1 aromatic heterocycles. The number of carbonyl (C=O) groups excluding carboxylic acids is 1. The first kappa shape index (κ1) is 24.0. The molecule has 166 valence electrons. The predicted octanol–water partition coefficient (Wildman–Crippen LogP) is -0.0109. The zero-order chi connectivity index (χ0) is 22.4. The van der Waals surface area contributed by atoms with E-state index in [1.807, 2.05) is 13.8 Å². The van der Waals surface area contributed by atoms with E-state index in [0.29, 0.717) is 18.9 Å². The van der Waals surface area contributed by atoms with Crippen LogP contribution in [-0.2, 0) is 14.8 Å². The highest BCUT2D eigenvalue weighted by atomic mass is 32.2. The van der Waals surface area contributed by atoms with Crippen molar-refractivity contribution in [3.63, 3.8) is 0 Å². The third kappa shape index (κ3) is 6.12. The van der Waals surface area contributed by atoms with E-state index in [1.165, 1.54) is 19.3 Å². The van der Waals surface area contributed by atoms with E-state index < -0.39 is 15.6 Å². The summed E-state index contributed by atoms with van der Waals surface area (Å²) in [5.74, 6) is 0.413. The zero-order valence-corrected chi connectivity index (χ0v) is 18.4. The average molecular weight is 439 g/mol. The molecular weight excluding hydrogens is 408 g/mol. The molecule has 0 saturated carbocycles. The number of aromatic nitrogens is 1. The van der Waals surface area contributed by atoms with Gasteiger partial charge in [0.05, 0.1) is 19.2 Å². The van der Waals surface area contributed by atoms with E-state index >= 15 is 0 Å². The van der Waals surface area contributed by atoms with Gasteiger partial charge in [0.15, 0.2) is 0 Å². The first-order valence-electron chi connectivity index (χ1n) is 9.82. The number of nitriles is 1. The smallest absolute Gasteiger partial charge is 0.244 e. The number of amides is 1. The Hall–Kier alpha value is -2.26. The lowest BCUT2D eigenvalue weighted by Crippen LogP contribution is -2.50. The molecule has 1 amide bonds. The number of aliphatic hydroxyl groups excluding tert-OH is 1. The number of pyridine rings is 1. The van der Waals surface area contributed by atoms with Crippen LogP contribution in [0.4, 0.5) is 5.82 Å². The van der Waals surface area contributed by atoms with Gasteiger partial charge in [-0.05, 0) is 38.8 Å². The fraction of sp³-hybridized carbons (Fsp3) is 0.632. The Bertz CT molecular complexity index is 866. The van der Waals surface area contributed by atoms with Crippen LogP contribution in [0.1, 0.15) is 26.7 Å². The first-order chi connectivity index (χ1) is 14.1. The number of anilines is 1. The molecule has 1 aliphatic rings. The van der Waals surface area contributed by atoms with Gasteiger partial charge in [0.25, 0.3) is 0 Å². The quantitative estimate of drug-likeness (QED) is 0.464. The Morgan fingerprint density at radius 3 is 2.80 bits per heavy atom. The van der Waals surface area contributed by atoms with E-state index in [-0.39, 0.29) is 36.5 Å². The molecule has 1 aliphatic heterocycles. The van der Waals surface area contributed by atoms with Crippen LogP contribution < -0.4 is 10.6 Å². The Morgan fingerprint density at radius 1 is 1.47 bits per heavy atom. The Kier molecular flexibility index (Phi) is 8.14. The SMILES string of the molecule is CN(CCO)S(=O)(=O)c1ccc(NCC(C)(C)NCC(=O)N2CCC[C@H]2C#N)nc1. The molecule has 0 aromatic carbocycles. The molecule has 10 nitrogen and oxygen atoms in total. The summed E-state index contributed by atoms with van der Waals surface area (Å²) in [4.78, 5) is 18.2. The van der Waals surface area contributed by atoms with Crippen molar-refractivity contribution in [3.05, 3.63) is 18.3 Å². The molecule has 0 aliphatic carbocycles. The van der Waals surface area contributed by atoms with E-state index in [0.717, 1.165) is 17.1 Å². The molecule has 0 radical (unpaired) electrons. The minimum Gasteiger partial charge on any atom is -0.395 e. The second-order valence-corrected chi connectivity index (χ2v) is 9.94. The summed E-state index contributed by atoms with van der Waals surface area (Å²) in [5, 5.41) is 24.4. The number of nitrogens with zero attached hydrogens (tertiary/aromatic N) is 4. The van der Waals surface area contributed by atoms with Crippen LogP contribution in [0.15, 0.2) is 23.2 Å². The summed E-state index contributed by atoms with van der Waals surface area (Å²) in [5.41, 5.74) is -0.439. The van der Waals surface area contributed by atoms with Gasteiger partial charge >= 0.3 is 0 Å². The van der Waals surface area contributed by atoms with Gasteiger partial charge in [0, 0.05) is 38.4 Å². The molecule has 0 bridgehead atoms. The van der Waals surface area contributed by atoms with Crippen LogP contribution in [0.25, 0.3) is 0 Å². The van der Waals surface area contributed by atoms with Crippen molar-refractivity contribution < 1.29 is 18.3 Å². The second-order valence-electron chi connectivity index (χ2n) is 7.89. The van der Waals surface area contributed by atoms with E-state index in [2.05, 4.69) is 21.7 Å². The molecule has 11 heteroatoms. The minimum absolute atomic E-state index is 0.00740. The molecule has 30 heavy (non-hydrogen) atoms. The van der Waals surface area contributed by atoms with Gasteiger partial charge in [-0.25, -0.2) is 13.4 Å². The van der Waals surface area contributed by atoms with E-state index in [4.69, 9.17) is 10.4 Å². The summed E-state index contributed by atoms with van der Waals surface area (Å²) in [7, 11) is -2.29. The lowest BCUT2D eigenvalue weighted by Gasteiger charge is -2.28. The van der Waals surface area contributed by atoms with Crippen LogP contribution in [-0.4, -0.2) is 85.0 Å². The number of sulfonamides is 1. The van der Waals surface area contributed by atoms with Crippen molar-refractivity contribution >= 4 is 21.7 Å². The highest BCUT2D eigenvalue weighted by Gasteiger charge is 2.29. The molecule has 2 heterocycles. The fourth-order valence-corrected chi connectivity index (χ4v) is 4.18.